The number of carbonyl (C=O) groups excluding carboxylic acids is 1. The summed E-state index contributed by atoms with van der Waals surface area (Å²) in [5.41, 5.74) is 1.42. The molecule has 0 radical (unpaired) electrons. The van der Waals surface area contributed by atoms with Crippen molar-refractivity contribution in [2.75, 3.05) is 13.1 Å². The van der Waals surface area contributed by atoms with E-state index in [0.29, 0.717) is 12.5 Å². The number of likely N-dealkylation sites (tertiary alicyclic amines) is 1. The average Bonchev–Trinajstić information content (AvgIpc) is 2.56. The number of benzene rings is 1. The van der Waals surface area contributed by atoms with E-state index < -0.39 is 0 Å². The molecule has 120 valence electrons. The first-order chi connectivity index (χ1) is 10.7. The molecule has 1 unspecified atom stereocenters. The summed E-state index contributed by atoms with van der Waals surface area (Å²) >= 11 is 0. The molecule has 0 bridgehead atoms. The predicted molar refractivity (Wildman–Crippen MR) is 86.8 cm³/mol. The van der Waals surface area contributed by atoms with Gasteiger partial charge in [-0.3, -0.25) is 0 Å². The maximum Gasteiger partial charge on any atom is 0.317 e. The number of hydrogen-bond acceptors (Lipinski definition) is 2. The maximum absolute atomic E-state index is 12.3. The van der Waals surface area contributed by atoms with Crippen LogP contribution >= 0.6 is 0 Å². The van der Waals surface area contributed by atoms with Crippen LogP contribution in [0.15, 0.2) is 30.3 Å². The molecule has 4 nitrogen and oxygen atoms in total. The van der Waals surface area contributed by atoms with Crippen molar-refractivity contribution in [1.82, 2.24) is 10.2 Å². The molecule has 3 rings (SSSR count). The third kappa shape index (κ3) is 3.80. The van der Waals surface area contributed by atoms with Crippen LogP contribution in [0, 0.1) is 0 Å². The lowest BCUT2D eigenvalue weighted by atomic mass is 9.82. The Morgan fingerprint density at radius 2 is 1.82 bits per heavy atom. The van der Waals surface area contributed by atoms with Crippen LogP contribution < -0.4 is 5.32 Å². The number of carbonyl (C=O) groups is 1. The largest absolute Gasteiger partial charge is 0.391 e. The number of rotatable bonds is 2. The number of hydrogen-bond donors (Lipinski definition) is 2. The van der Waals surface area contributed by atoms with Gasteiger partial charge in [0.15, 0.2) is 0 Å². The average molecular weight is 302 g/mol. The second-order valence-electron chi connectivity index (χ2n) is 6.65. The van der Waals surface area contributed by atoms with Gasteiger partial charge in [-0.15, -0.1) is 0 Å². The van der Waals surface area contributed by atoms with Gasteiger partial charge >= 0.3 is 6.03 Å². The van der Waals surface area contributed by atoms with Crippen LogP contribution in [0.4, 0.5) is 4.79 Å². The molecule has 1 saturated heterocycles. The van der Waals surface area contributed by atoms with E-state index in [1.165, 1.54) is 5.56 Å². The van der Waals surface area contributed by atoms with E-state index in [9.17, 15) is 9.90 Å². The first-order valence-corrected chi connectivity index (χ1v) is 8.51. The molecule has 2 amide bonds. The number of nitrogens with one attached hydrogen (secondary N) is 1. The Kier molecular flexibility index (Phi) is 4.98. The summed E-state index contributed by atoms with van der Waals surface area (Å²) in [6.07, 6.45) is 5.72. The van der Waals surface area contributed by atoms with Crippen LogP contribution in [-0.4, -0.2) is 41.3 Å². The summed E-state index contributed by atoms with van der Waals surface area (Å²) in [6.45, 7) is 1.24. The van der Waals surface area contributed by atoms with Crippen molar-refractivity contribution in [3.63, 3.8) is 0 Å². The fourth-order valence-electron chi connectivity index (χ4n) is 3.70. The SMILES string of the molecule is O=C(NC1CCC(c2ccccc2)CC1)N1CCCC(O)C1. The van der Waals surface area contributed by atoms with Crippen molar-refractivity contribution in [2.45, 2.75) is 56.6 Å². The smallest absolute Gasteiger partial charge is 0.317 e. The molecule has 0 spiro atoms. The van der Waals surface area contributed by atoms with Crippen molar-refractivity contribution >= 4 is 6.03 Å². The van der Waals surface area contributed by atoms with Crippen molar-refractivity contribution in [3.05, 3.63) is 35.9 Å². The standard InChI is InChI=1S/C18H26N2O2/c21-17-7-4-12-20(13-17)18(22)19-16-10-8-15(9-11-16)14-5-2-1-3-6-14/h1-3,5-6,15-17,21H,4,7-13H2,(H,19,22). The lowest BCUT2D eigenvalue weighted by Crippen LogP contribution is -2.50. The monoisotopic (exact) mass is 302 g/mol. The van der Waals surface area contributed by atoms with Gasteiger partial charge in [0.2, 0.25) is 0 Å². The molecule has 1 heterocycles. The minimum absolute atomic E-state index is 0.00177. The highest BCUT2D eigenvalue weighted by Gasteiger charge is 2.27. The molecule has 1 aromatic rings. The van der Waals surface area contributed by atoms with Gasteiger partial charge in [-0.1, -0.05) is 30.3 Å². The Hall–Kier alpha value is -1.55. The molecule has 2 aliphatic rings. The van der Waals surface area contributed by atoms with Crippen LogP contribution in [0.3, 0.4) is 0 Å². The number of urea groups is 1. The number of amides is 2. The number of nitrogens with zero attached hydrogens (tertiary/aromatic N) is 1. The summed E-state index contributed by atoms with van der Waals surface area (Å²) < 4.78 is 0. The van der Waals surface area contributed by atoms with E-state index in [-0.39, 0.29) is 18.2 Å². The fraction of sp³-hybridized carbons (Fsp3) is 0.611. The summed E-state index contributed by atoms with van der Waals surface area (Å²) in [7, 11) is 0. The molecule has 0 aromatic heterocycles. The van der Waals surface area contributed by atoms with E-state index in [0.717, 1.165) is 45.1 Å². The van der Waals surface area contributed by atoms with Gasteiger partial charge in [0.05, 0.1) is 6.10 Å². The summed E-state index contributed by atoms with van der Waals surface area (Å²) in [6, 6.07) is 11.0. The van der Waals surface area contributed by atoms with Gasteiger partial charge in [-0.25, -0.2) is 4.79 Å². The van der Waals surface area contributed by atoms with Crippen molar-refractivity contribution < 1.29 is 9.90 Å². The highest BCUT2D eigenvalue weighted by molar-refractivity contribution is 5.74. The highest BCUT2D eigenvalue weighted by Crippen LogP contribution is 2.32. The normalized spacial score (nSPS) is 29.1. The van der Waals surface area contributed by atoms with E-state index in [2.05, 4.69) is 35.6 Å². The van der Waals surface area contributed by atoms with Gasteiger partial charge in [0, 0.05) is 19.1 Å². The summed E-state index contributed by atoms with van der Waals surface area (Å²) in [4.78, 5) is 14.0. The van der Waals surface area contributed by atoms with E-state index >= 15 is 0 Å². The third-order valence-electron chi connectivity index (χ3n) is 5.01. The quantitative estimate of drug-likeness (QED) is 0.882. The van der Waals surface area contributed by atoms with Crippen LogP contribution in [-0.2, 0) is 0 Å². The zero-order chi connectivity index (χ0) is 15.4. The third-order valence-corrected chi connectivity index (χ3v) is 5.01. The Labute approximate surface area is 132 Å². The Bertz CT molecular complexity index is 483. The van der Waals surface area contributed by atoms with Gasteiger partial charge in [-0.2, -0.15) is 0 Å². The van der Waals surface area contributed by atoms with Crippen LogP contribution in [0.2, 0.25) is 0 Å². The van der Waals surface area contributed by atoms with Crippen LogP contribution in [0.25, 0.3) is 0 Å². The molecular weight excluding hydrogens is 276 g/mol. The molecule has 1 aliphatic heterocycles. The molecule has 1 aliphatic carbocycles. The van der Waals surface area contributed by atoms with E-state index in [4.69, 9.17) is 0 Å². The molecule has 22 heavy (non-hydrogen) atoms. The molecule has 1 saturated carbocycles. The molecule has 1 atom stereocenters. The van der Waals surface area contributed by atoms with Crippen molar-refractivity contribution in [1.29, 1.82) is 0 Å². The maximum atomic E-state index is 12.3. The van der Waals surface area contributed by atoms with Crippen molar-refractivity contribution in [3.8, 4) is 0 Å². The second-order valence-corrected chi connectivity index (χ2v) is 6.65. The van der Waals surface area contributed by atoms with Gasteiger partial charge < -0.3 is 15.3 Å². The van der Waals surface area contributed by atoms with Crippen LogP contribution in [0.5, 0.6) is 0 Å². The Morgan fingerprint density at radius 3 is 2.50 bits per heavy atom. The number of piperidine rings is 1. The van der Waals surface area contributed by atoms with E-state index in [1.807, 2.05) is 0 Å². The highest BCUT2D eigenvalue weighted by atomic mass is 16.3. The van der Waals surface area contributed by atoms with Gasteiger partial charge in [0.25, 0.3) is 0 Å². The second kappa shape index (κ2) is 7.14. The molecular formula is C18H26N2O2. The van der Waals surface area contributed by atoms with Crippen LogP contribution in [0.1, 0.15) is 50.0 Å². The van der Waals surface area contributed by atoms with E-state index in [1.54, 1.807) is 4.90 Å². The lowest BCUT2D eigenvalue weighted by Gasteiger charge is -2.34. The Morgan fingerprint density at radius 1 is 1.09 bits per heavy atom. The molecule has 1 aromatic carbocycles. The summed E-state index contributed by atoms with van der Waals surface area (Å²) in [5.74, 6) is 0.631. The number of aliphatic hydroxyl groups excluding tert-OH is 1. The lowest BCUT2D eigenvalue weighted by molar-refractivity contribution is 0.0826. The summed E-state index contributed by atoms with van der Waals surface area (Å²) in [5, 5.41) is 12.8. The zero-order valence-electron chi connectivity index (χ0n) is 13.1. The first kappa shape index (κ1) is 15.3. The Balaban J connectivity index is 1.46. The first-order valence-electron chi connectivity index (χ1n) is 8.51. The minimum atomic E-state index is -0.353. The van der Waals surface area contributed by atoms with Gasteiger partial charge in [0.1, 0.15) is 0 Å². The van der Waals surface area contributed by atoms with Gasteiger partial charge in [-0.05, 0) is 50.0 Å². The molecule has 4 heteroatoms. The molecule has 2 N–H and O–H groups in total. The fourth-order valence-corrected chi connectivity index (χ4v) is 3.70. The predicted octanol–water partition coefficient (Wildman–Crippen LogP) is 2.88. The topological polar surface area (TPSA) is 52.6 Å². The van der Waals surface area contributed by atoms with Crippen molar-refractivity contribution in [2.24, 2.45) is 0 Å². The minimum Gasteiger partial charge on any atom is -0.391 e. The number of aliphatic hydroxyl groups is 1. The molecule has 2 fully saturated rings. The number of β-amino-alcohol motifs (C(OH)–C–C–N with tert-alkyl or cyclic N) is 1. The zero-order valence-corrected chi connectivity index (χ0v) is 13.1.